The van der Waals surface area contributed by atoms with Crippen LogP contribution in [-0.2, 0) is 6.42 Å². The number of nitrogens with one attached hydrogen (secondary N) is 1. The highest BCUT2D eigenvalue weighted by atomic mass is 16.3. The van der Waals surface area contributed by atoms with Gasteiger partial charge in [0.1, 0.15) is 5.75 Å². The van der Waals surface area contributed by atoms with Crippen LogP contribution >= 0.6 is 0 Å². The molecule has 0 saturated carbocycles. The minimum absolute atomic E-state index is 0.374. The first kappa shape index (κ1) is 7.47. The molecule has 0 aliphatic carbocycles. The Balaban J connectivity index is 2.43. The summed E-state index contributed by atoms with van der Waals surface area (Å²) in [6, 6.07) is 6.16. The Bertz CT molecular complexity index is 296. The van der Waals surface area contributed by atoms with Gasteiger partial charge in [0.25, 0.3) is 0 Å². The SMILES string of the molecule is C[C@@H]1CCc2cccc(O)c2N1. The van der Waals surface area contributed by atoms with E-state index in [1.807, 2.05) is 6.07 Å². The normalized spacial score (nSPS) is 21.2. The average molecular weight is 163 g/mol. The first-order valence-corrected chi connectivity index (χ1v) is 4.35. The molecule has 2 N–H and O–H groups in total. The van der Waals surface area contributed by atoms with Crippen molar-refractivity contribution in [2.75, 3.05) is 5.32 Å². The van der Waals surface area contributed by atoms with E-state index in [1.165, 1.54) is 5.56 Å². The third-order valence-corrected chi connectivity index (χ3v) is 2.37. The van der Waals surface area contributed by atoms with E-state index >= 15 is 0 Å². The predicted octanol–water partition coefficient (Wildman–Crippen LogP) is 2.14. The standard InChI is InChI=1S/C10H13NO/c1-7-5-6-8-3-2-4-9(12)10(8)11-7/h2-4,7,11-12H,5-6H2,1H3/t7-/m1/s1. The van der Waals surface area contributed by atoms with E-state index in [0.29, 0.717) is 11.8 Å². The molecular weight excluding hydrogens is 150 g/mol. The zero-order valence-electron chi connectivity index (χ0n) is 7.17. The van der Waals surface area contributed by atoms with Crippen LogP contribution in [0.25, 0.3) is 0 Å². The molecule has 0 amide bonds. The fraction of sp³-hybridized carbons (Fsp3) is 0.400. The second-order valence-electron chi connectivity index (χ2n) is 3.40. The van der Waals surface area contributed by atoms with Crippen LogP contribution in [0.5, 0.6) is 5.75 Å². The summed E-state index contributed by atoms with van der Waals surface area (Å²) in [4.78, 5) is 0. The van der Waals surface area contributed by atoms with Gasteiger partial charge in [0.05, 0.1) is 5.69 Å². The summed E-state index contributed by atoms with van der Waals surface area (Å²) in [5.74, 6) is 0.374. The molecule has 2 heteroatoms. The van der Waals surface area contributed by atoms with Gasteiger partial charge in [-0.25, -0.2) is 0 Å². The van der Waals surface area contributed by atoms with Crippen molar-refractivity contribution in [3.63, 3.8) is 0 Å². The van der Waals surface area contributed by atoms with Gasteiger partial charge in [-0.05, 0) is 31.4 Å². The second-order valence-corrected chi connectivity index (χ2v) is 3.40. The first-order chi connectivity index (χ1) is 5.77. The van der Waals surface area contributed by atoms with E-state index in [0.717, 1.165) is 18.5 Å². The number of aryl methyl sites for hydroxylation is 1. The van der Waals surface area contributed by atoms with Crippen LogP contribution in [-0.4, -0.2) is 11.1 Å². The lowest BCUT2D eigenvalue weighted by Gasteiger charge is -2.24. The lowest BCUT2D eigenvalue weighted by Crippen LogP contribution is -2.21. The van der Waals surface area contributed by atoms with Gasteiger partial charge in [-0.2, -0.15) is 0 Å². The average Bonchev–Trinajstić information content (AvgIpc) is 2.07. The van der Waals surface area contributed by atoms with Crippen molar-refractivity contribution in [1.82, 2.24) is 0 Å². The Kier molecular flexibility index (Phi) is 1.68. The molecule has 1 aliphatic rings. The molecule has 0 radical (unpaired) electrons. The maximum absolute atomic E-state index is 9.51. The molecule has 0 aromatic heterocycles. The van der Waals surface area contributed by atoms with Crippen LogP contribution in [0, 0.1) is 0 Å². The lowest BCUT2D eigenvalue weighted by molar-refractivity contribution is 0.473. The van der Waals surface area contributed by atoms with Crippen molar-refractivity contribution in [3.8, 4) is 5.75 Å². The predicted molar refractivity (Wildman–Crippen MR) is 49.5 cm³/mol. The smallest absolute Gasteiger partial charge is 0.138 e. The summed E-state index contributed by atoms with van der Waals surface area (Å²) in [7, 11) is 0. The van der Waals surface area contributed by atoms with Gasteiger partial charge in [-0.1, -0.05) is 12.1 Å². The number of phenols is 1. The molecule has 1 heterocycles. The molecule has 12 heavy (non-hydrogen) atoms. The van der Waals surface area contributed by atoms with Crippen LogP contribution < -0.4 is 5.32 Å². The Morgan fingerprint density at radius 2 is 2.33 bits per heavy atom. The molecule has 1 atom stereocenters. The summed E-state index contributed by atoms with van der Waals surface area (Å²) < 4.78 is 0. The quantitative estimate of drug-likeness (QED) is 0.574. The van der Waals surface area contributed by atoms with Crippen molar-refractivity contribution in [2.24, 2.45) is 0 Å². The number of aromatic hydroxyl groups is 1. The van der Waals surface area contributed by atoms with Gasteiger partial charge in [-0.15, -0.1) is 0 Å². The second kappa shape index (κ2) is 2.70. The van der Waals surface area contributed by atoms with Crippen LogP contribution in [0.4, 0.5) is 5.69 Å². The summed E-state index contributed by atoms with van der Waals surface area (Å²) in [6.07, 6.45) is 2.22. The number of rotatable bonds is 0. The van der Waals surface area contributed by atoms with E-state index in [9.17, 15) is 5.11 Å². The van der Waals surface area contributed by atoms with Gasteiger partial charge < -0.3 is 10.4 Å². The fourth-order valence-electron chi connectivity index (χ4n) is 1.65. The molecular formula is C10H13NO. The Labute approximate surface area is 72.2 Å². The third kappa shape index (κ3) is 1.13. The molecule has 0 bridgehead atoms. The molecule has 1 aliphatic heterocycles. The van der Waals surface area contributed by atoms with E-state index in [2.05, 4.69) is 18.3 Å². The van der Waals surface area contributed by atoms with Crippen molar-refractivity contribution in [3.05, 3.63) is 23.8 Å². The number of para-hydroxylation sites is 1. The van der Waals surface area contributed by atoms with Crippen LogP contribution in [0.1, 0.15) is 18.9 Å². The largest absolute Gasteiger partial charge is 0.506 e. The zero-order chi connectivity index (χ0) is 8.55. The highest BCUT2D eigenvalue weighted by Gasteiger charge is 2.15. The summed E-state index contributed by atoms with van der Waals surface area (Å²) in [5.41, 5.74) is 2.16. The monoisotopic (exact) mass is 163 g/mol. The number of fused-ring (bicyclic) bond motifs is 1. The summed E-state index contributed by atoms with van der Waals surface area (Å²) >= 11 is 0. The summed E-state index contributed by atoms with van der Waals surface area (Å²) in [5, 5.41) is 12.8. The molecule has 1 aromatic rings. The number of hydrogen-bond acceptors (Lipinski definition) is 2. The molecule has 64 valence electrons. The molecule has 0 saturated heterocycles. The number of phenolic OH excluding ortho intramolecular Hbond substituents is 1. The molecule has 2 nitrogen and oxygen atoms in total. The van der Waals surface area contributed by atoms with E-state index < -0.39 is 0 Å². The molecule has 2 rings (SSSR count). The topological polar surface area (TPSA) is 32.3 Å². The minimum Gasteiger partial charge on any atom is -0.506 e. The Morgan fingerprint density at radius 3 is 3.17 bits per heavy atom. The van der Waals surface area contributed by atoms with Crippen LogP contribution in [0.15, 0.2) is 18.2 Å². The van der Waals surface area contributed by atoms with Crippen molar-refractivity contribution in [1.29, 1.82) is 0 Å². The van der Waals surface area contributed by atoms with Crippen molar-refractivity contribution >= 4 is 5.69 Å². The van der Waals surface area contributed by atoms with Gasteiger partial charge in [0.15, 0.2) is 0 Å². The highest BCUT2D eigenvalue weighted by Crippen LogP contribution is 2.32. The van der Waals surface area contributed by atoms with E-state index in [4.69, 9.17) is 0 Å². The third-order valence-electron chi connectivity index (χ3n) is 2.37. The maximum Gasteiger partial charge on any atom is 0.138 e. The molecule has 0 unspecified atom stereocenters. The molecule has 0 spiro atoms. The maximum atomic E-state index is 9.51. The van der Waals surface area contributed by atoms with Crippen LogP contribution in [0.2, 0.25) is 0 Å². The van der Waals surface area contributed by atoms with Gasteiger partial charge in [-0.3, -0.25) is 0 Å². The van der Waals surface area contributed by atoms with Crippen molar-refractivity contribution < 1.29 is 5.11 Å². The lowest BCUT2D eigenvalue weighted by atomic mass is 9.99. The van der Waals surface area contributed by atoms with Crippen molar-refractivity contribution in [2.45, 2.75) is 25.8 Å². The van der Waals surface area contributed by atoms with E-state index in [1.54, 1.807) is 6.07 Å². The fourth-order valence-corrected chi connectivity index (χ4v) is 1.65. The molecule has 0 fully saturated rings. The van der Waals surface area contributed by atoms with Gasteiger partial charge >= 0.3 is 0 Å². The molecule has 1 aromatic carbocycles. The van der Waals surface area contributed by atoms with E-state index in [-0.39, 0.29) is 0 Å². The van der Waals surface area contributed by atoms with Gasteiger partial charge in [0, 0.05) is 6.04 Å². The van der Waals surface area contributed by atoms with Gasteiger partial charge in [0.2, 0.25) is 0 Å². The summed E-state index contributed by atoms with van der Waals surface area (Å²) in [6.45, 7) is 2.13. The highest BCUT2D eigenvalue weighted by molar-refractivity contribution is 5.63. The zero-order valence-corrected chi connectivity index (χ0v) is 7.17. The van der Waals surface area contributed by atoms with Crippen LogP contribution in [0.3, 0.4) is 0 Å². The number of hydrogen-bond donors (Lipinski definition) is 2. The number of anilines is 1. The first-order valence-electron chi connectivity index (χ1n) is 4.35. The number of benzene rings is 1. The minimum atomic E-state index is 0.374. The Morgan fingerprint density at radius 1 is 1.50 bits per heavy atom. The Hall–Kier alpha value is -1.18.